The molecule has 2 nitrogen and oxygen atoms in total. The summed E-state index contributed by atoms with van der Waals surface area (Å²) < 4.78 is 0. The van der Waals surface area contributed by atoms with E-state index < -0.39 is 0 Å². The van der Waals surface area contributed by atoms with Crippen LogP contribution in [0, 0.1) is 12.3 Å². The number of rotatable bonds is 1. The molecule has 1 aliphatic rings. The van der Waals surface area contributed by atoms with E-state index in [9.17, 15) is 4.79 Å². The van der Waals surface area contributed by atoms with Crippen LogP contribution < -0.4 is 5.73 Å². The fraction of sp³-hybridized carbons (Fsp3) is 0.714. The second-order valence-corrected chi connectivity index (χ2v) is 2.55. The first-order valence-corrected chi connectivity index (χ1v) is 3.41. The lowest BCUT2D eigenvalue weighted by Gasteiger charge is -2.17. The normalized spacial score (nSPS) is 21.8. The topological polar surface area (TPSA) is 43.1 Å². The fourth-order valence-corrected chi connectivity index (χ4v) is 1.20. The van der Waals surface area contributed by atoms with Gasteiger partial charge >= 0.3 is 0 Å². The summed E-state index contributed by atoms with van der Waals surface area (Å²) in [5.74, 6) is 0.00435. The number of amides is 1. The molecule has 0 spiro atoms. The van der Waals surface area contributed by atoms with E-state index in [0.29, 0.717) is 0 Å². The number of primary amides is 1. The lowest BCUT2D eigenvalue weighted by Crippen LogP contribution is -2.25. The van der Waals surface area contributed by atoms with E-state index in [0.717, 1.165) is 25.7 Å². The summed E-state index contributed by atoms with van der Waals surface area (Å²) in [6.07, 6.45) is 6.33. The van der Waals surface area contributed by atoms with E-state index in [-0.39, 0.29) is 11.8 Å². The van der Waals surface area contributed by atoms with Gasteiger partial charge in [-0.15, -0.1) is 0 Å². The minimum Gasteiger partial charge on any atom is -0.369 e. The van der Waals surface area contributed by atoms with Crippen LogP contribution in [0.4, 0.5) is 0 Å². The molecule has 1 rings (SSSR count). The molecule has 1 amide bonds. The summed E-state index contributed by atoms with van der Waals surface area (Å²) in [6.45, 7) is 0. The highest BCUT2D eigenvalue weighted by molar-refractivity contribution is 5.76. The minimum atomic E-state index is -0.133. The monoisotopic (exact) mass is 126 g/mol. The van der Waals surface area contributed by atoms with Gasteiger partial charge in [-0.1, -0.05) is 12.8 Å². The van der Waals surface area contributed by atoms with Crippen LogP contribution in [-0.2, 0) is 4.79 Å². The zero-order chi connectivity index (χ0) is 6.69. The van der Waals surface area contributed by atoms with Crippen molar-refractivity contribution in [2.45, 2.75) is 25.7 Å². The average molecular weight is 126 g/mol. The first kappa shape index (κ1) is 6.59. The van der Waals surface area contributed by atoms with E-state index in [1.807, 2.05) is 0 Å². The van der Waals surface area contributed by atoms with E-state index in [1.54, 1.807) is 0 Å². The van der Waals surface area contributed by atoms with Gasteiger partial charge in [-0.05, 0) is 19.3 Å². The molecule has 1 fully saturated rings. The summed E-state index contributed by atoms with van der Waals surface area (Å²) in [4.78, 5) is 10.6. The summed E-state index contributed by atoms with van der Waals surface area (Å²) in [5.41, 5.74) is 5.11. The van der Waals surface area contributed by atoms with Crippen molar-refractivity contribution in [2.24, 2.45) is 11.7 Å². The third-order valence-corrected chi connectivity index (χ3v) is 1.81. The van der Waals surface area contributed by atoms with E-state index in [1.165, 1.54) is 0 Å². The minimum absolute atomic E-state index is 0.133. The molecule has 0 bridgehead atoms. The molecular weight excluding hydrogens is 114 g/mol. The van der Waals surface area contributed by atoms with Crippen LogP contribution >= 0.6 is 0 Å². The van der Waals surface area contributed by atoms with E-state index in [2.05, 4.69) is 6.42 Å². The Morgan fingerprint density at radius 2 is 2.44 bits per heavy atom. The standard InChI is InChI=1S/C7H12NO/c8-7(9)6-4-2-1-3-5-6/h2,6H,1,3-5H2,(H2,8,9). The smallest absolute Gasteiger partial charge is 0.220 e. The van der Waals surface area contributed by atoms with Crippen LogP contribution in [0.25, 0.3) is 0 Å². The molecule has 2 N–H and O–H groups in total. The Morgan fingerprint density at radius 3 is 2.78 bits per heavy atom. The Hall–Kier alpha value is -0.530. The Morgan fingerprint density at radius 1 is 1.67 bits per heavy atom. The van der Waals surface area contributed by atoms with Crippen molar-refractivity contribution in [3.63, 3.8) is 0 Å². The van der Waals surface area contributed by atoms with Crippen molar-refractivity contribution in [3.05, 3.63) is 6.42 Å². The predicted molar refractivity (Wildman–Crippen MR) is 35.5 cm³/mol. The lowest BCUT2D eigenvalue weighted by molar-refractivity contribution is -0.122. The predicted octanol–water partition coefficient (Wildman–Crippen LogP) is 0.866. The molecule has 1 atom stereocenters. The van der Waals surface area contributed by atoms with Gasteiger partial charge in [0.2, 0.25) is 5.91 Å². The summed E-state index contributed by atoms with van der Waals surface area (Å²) in [7, 11) is 0. The van der Waals surface area contributed by atoms with Gasteiger partial charge in [0, 0.05) is 5.92 Å². The third kappa shape index (κ3) is 1.70. The third-order valence-electron chi connectivity index (χ3n) is 1.81. The van der Waals surface area contributed by atoms with Gasteiger partial charge in [0.15, 0.2) is 0 Å². The maximum Gasteiger partial charge on any atom is 0.220 e. The van der Waals surface area contributed by atoms with E-state index >= 15 is 0 Å². The Balaban J connectivity index is 2.31. The fourth-order valence-electron chi connectivity index (χ4n) is 1.20. The van der Waals surface area contributed by atoms with Crippen LogP contribution in [0.3, 0.4) is 0 Å². The van der Waals surface area contributed by atoms with Crippen molar-refractivity contribution in [2.75, 3.05) is 0 Å². The molecule has 1 saturated carbocycles. The number of hydrogen-bond donors (Lipinski definition) is 1. The molecule has 51 valence electrons. The van der Waals surface area contributed by atoms with Gasteiger partial charge < -0.3 is 5.73 Å². The average Bonchev–Trinajstić information content (AvgIpc) is 1.90. The summed E-state index contributed by atoms with van der Waals surface area (Å²) in [5, 5.41) is 0. The SMILES string of the molecule is NC(=O)C1C[CH]CCC1. The molecule has 0 aromatic rings. The van der Waals surface area contributed by atoms with Crippen molar-refractivity contribution < 1.29 is 4.79 Å². The quantitative estimate of drug-likeness (QED) is 0.556. The van der Waals surface area contributed by atoms with Crippen LogP contribution in [-0.4, -0.2) is 5.91 Å². The van der Waals surface area contributed by atoms with Crippen LogP contribution in [0.5, 0.6) is 0 Å². The second kappa shape index (κ2) is 2.85. The van der Waals surface area contributed by atoms with Gasteiger partial charge in [-0.2, -0.15) is 0 Å². The molecular formula is C7H12NO. The second-order valence-electron chi connectivity index (χ2n) is 2.55. The summed E-state index contributed by atoms with van der Waals surface area (Å²) >= 11 is 0. The first-order valence-electron chi connectivity index (χ1n) is 3.41. The molecule has 0 heterocycles. The van der Waals surface area contributed by atoms with Gasteiger partial charge in [0.1, 0.15) is 0 Å². The Labute approximate surface area is 55.4 Å². The van der Waals surface area contributed by atoms with Gasteiger partial charge in [-0.25, -0.2) is 0 Å². The van der Waals surface area contributed by atoms with Gasteiger partial charge in [0.05, 0.1) is 0 Å². The van der Waals surface area contributed by atoms with Crippen LogP contribution in [0.15, 0.2) is 0 Å². The highest BCUT2D eigenvalue weighted by Crippen LogP contribution is 2.21. The summed E-state index contributed by atoms with van der Waals surface area (Å²) in [6, 6.07) is 0. The maximum absolute atomic E-state index is 10.6. The van der Waals surface area contributed by atoms with Crippen molar-refractivity contribution in [3.8, 4) is 0 Å². The largest absolute Gasteiger partial charge is 0.369 e. The first-order chi connectivity index (χ1) is 4.30. The molecule has 2 heteroatoms. The molecule has 0 aromatic carbocycles. The number of carbonyl (C=O) groups is 1. The highest BCUT2D eigenvalue weighted by atomic mass is 16.1. The van der Waals surface area contributed by atoms with Gasteiger partial charge in [-0.3, -0.25) is 4.79 Å². The molecule has 1 unspecified atom stereocenters. The zero-order valence-corrected chi connectivity index (χ0v) is 5.47. The number of carbonyl (C=O) groups excluding carboxylic acids is 1. The van der Waals surface area contributed by atoms with Gasteiger partial charge in [0.25, 0.3) is 0 Å². The Bertz CT molecular complexity index is 105. The Kier molecular flexibility index (Phi) is 2.09. The molecule has 9 heavy (non-hydrogen) atoms. The van der Waals surface area contributed by atoms with Crippen LogP contribution in [0.2, 0.25) is 0 Å². The van der Waals surface area contributed by atoms with Crippen molar-refractivity contribution in [1.29, 1.82) is 0 Å². The molecule has 0 aromatic heterocycles. The van der Waals surface area contributed by atoms with E-state index in [4.69, 9.17) is 5.73 Å². The number of nitrogens with two attached hydrogens (primary N) is 1. The molecule has 0 saturated heterocycles. The molecule has 1 aliphatic carbocycles. The molecule has 0 aliphatic heterocycles. The highest BCUT2D eigenvalue weighted by Gasteiger charge is 2.17. The van der Waals surface area contributed by atoms with Crippen molar-refractivity contribution in [1.82, 2.24) is 0 Å². The zero-order valence-electron chi connectivity index (χ0n) is 5.47. The maximum atomic E-state index is 10.6. The molecule has 1 radical (unpaired) electrons. The lowest BCUT2D eigenvalue weighted by atomic mass is 9.89. The number of hydrogen-bond acceptors (Lipinski definition) is 1. The van der Waals surface area contributed by atoms with Crippen LogP contribution in [0.1, 0.15) is 25.7 Å². The van der Waals surface area contributed by atoms with Crippen molar-refractivity contribution >= 4 is 5.91 Å².